The molecule has 5 rings (SSSR count). The Kier molecular flexibility index (Phi) is 6.46. The highest BCUT2D eigenvalue weighted by Gasteiger charge is 2.38. The lowest BCUT2D eigenvalue weighted by atomic mass is 10.0. The largest absolute Gasteiger partial charge is 0.351 e. The first-order chi connectivity index (χ1) is 16.5. The van der Waals surface area contributed by atoms with Gasteiger partial charge in [0.15, 0.2) is 6.04 Å². The number of nitrogens with zero attached hydrogens (tertiary/aromatic N) is 2. The van der Waals surface area contributed by atoms with Crippen LogP contribution in [0.5, 0.6) is 0 Å². The fourth-order valence-electron chi connectivity index (χ4n) is 5.19. The summed E-state index contributed by atoms with van der Waals surface area (Å²) in [5, 5.41) is 3.80. The normalized spacial score (nSPS) is 18.6. The van der Waals surface area contributed by atoms with Crippen molar-refractivity contribution in [2.24, 2.45) is 0 Å². The number of amides is 2. The van der Waals surface area contributed by atoms with Crippen LogP contribution in [-0.4, -0.2) is 27.3 Å². The SMILES string of the molecule is Cc1ccc(CN2C(=O)c3cc(Cl)ccc3-n3cccc3C2C(=O)NC2CCCCCC2)cc1. The maximum Gasteiger partial charge on any atom is 0.257 e. The molecular formula is C28H30ClN3O2. The van der Waals surface area contributed by atoms with Gasteiger partial charge in [0, 0.05) is 23.8 Å². The minimum absolute atomic E-state index is 0.119. The summed E-state index contributed by atoms with van der Waals surface area (Å²) in [5.74, 6) is -0.311. The summed E-state index contributed by atoms with van der Waals surface area (Å²) in [7, 11) is 0. The molecule has 176 valence electrons. The third-order valence-electron chi connectivity index (χ3n) is 7.00. The molecule has 1 unspecified atom stereocenters. The Bertz CT molecular complexity index is 1190. The first-order valence-corrected chi connectivity index (χ1v) is 12.5. The number of hydrogen-bond acceptors (Lipinski definition) is 2. The Morgan fingerprint density at radius 2 is 1.76 bits per heavy atom. The monoisotopic (exact) mass is 475 g/mol. The van der Waals surface area contributed by atoms with E-state index in [0.29, 0.717) is 17.1 Å². The number of aryl methyl sites for hydroxylation is 1. The van der Waals surface area contributed by atoms with Gasteiger partial charge >= 0.3 is 0 Å². The molecule has 1 aliphatic carbocycles. The van der Waals surface area contributed by atoms with Gasteiger partial charge in [-0.1, -0.05) is 67.1 Å². The van der Waals surface area contributed by atoms with E-state index in [1.54, 1.807) is 17.0 Å². The molecule has 0 radical (unpaired) electrons. The minimum Gasteiger partial charge on any atom is -0.351 e. The van der Waals surface area contributed by atoms with Crippen LogP contribution in [0.3, 0.4) is 0 Å². The van der Waals surface area contributed by atoms with Crippen LogP contribution in [0.25, 0.3) is 5.69 Å². The molecular weight excluding hydrogens is 446 g/mol. The van der Waals surface area contributed by atoms with Crippen molar-refractivity contribution < 1.29 is 9.59 Å². The summed E-state index contributed by atoms with van der Waals surface area (Å²) in [4.78, 5) is 29.5. The van der Waals surface area contributed by atoms with Crippen LogP contribution in [0.4, 0.5) is 0 Å². The Morgan fingerprint density at radius 3 is 2.50 bits per heavy atom. The number of nitrogens with one attached hydrogen (secondary N) is 1. The average Bonchev–Trinajstić information content (AvgIpc) is 3.11. The highest BCUT2D eigenvalue weighted by atomic mass is 35.5. The van der Waals surface area contributed by atoms with E-state index in [-0.39, 0.29) is 17.9 Å². The molecule has 3 aromatic rings. The van der Waals surface area contributed by atoms with Gasteiger partial charge in [-0.05, 0) is 55.7 Å². The maximum absolute atomic E-state index is 14.0. The second-order valence-corrected chi connectivity index (χ2v) is 9.92. The van der Waals surface area contributed by atoms with Crippen LogP contribution in [0.1, 0.15) is 71.7 Å². The summed E-state index contributed by atoms with van der Waals surface area (Å²) >= 11 is 6.31. The second-order valence-electron chi connectivity index (χ2n) is 9.48. The van der Waals surface area contributed by atoms with Crippen molar-refractivity contribution in [2.45, 2.75) is 64.1 Å². The lowest BCUT2D eigenvalue weighted by Crippen LogP contribution is -2.46. The van der Waals surface area contributed by atoms with Gasteiger partial charge < -0.3 is 14.8 Å². The van der Waals surface area contributed by atoms with Gasteiger partial charge in [0.05, 0.1) is 16.9 Å². The van der Waals surface area contributed by atoms with E-state index in [2.05, 4.69) is 5.32 Å². The third-order valence-corrected chi connectivity index (χ3v) is 7.24. The molecule has 2 heterocycles. The summed E-state index contributed by atoms with van der Waals surface area (Å²) in [6, 6.07) is 16.7. The molecule has 6 heteroatoms. The van der Waals surface area contributed by atoms with E-state index in [1.807, 2.05) is 60.2 Å². The summed E-state index contributed by atoms with van der Waals surface area (Å²) in [6.45, 7) is 2.37. The molecule has 1 fully saturated rings. The Balaban J connectivity index is 1.58. The van der Waals surface area contributed by atoms with Crippen LogP contribution in [0, 0.1) is 6.92 Å². The minimum atomic E-state index is -0.738. The molecule has 1 atom stereocenters. The van der Waals surface area contributed by atoms with Crippen molar-refractivity contribution in [2.75, 3.05) is 0 Å². The smallest absolute Gasteiger partial charge is 0.257 e. The van der Waals surface area contributed by atoms with Crippen LogP contribution in [-0.2, 0) is 11.3 Å². The van der Waals surface area contributed by atoms with Crippen LogP contribution < -0.4 is 5.32 Å². The Hall–Kier alpha value is -3.05. The van der Waals surface area contributed by atoms with Crippen molar-refractivity contribution in [3.05, 3.63) is 88.2 Å². The third kappa shape index (κ3) is 4.49. The molecule has 0 saturated heterocycles. The number of carbonyl (C=O) groups is 2. The van der Waals surface area contributed by atoms with Crippen LogP contribution in [0.2, 0.25) is 5.02 Å². The maximum atomic E-state index is 14.0. The van der Waals surface area contributed by atoms with Gasteiger partial charge in [-0.15, -0.1) is 0 Å². The zero-order chi connectivity index (χ0) is 23.7. The molecule has 34 heavy (non-hydrogen) atoms. The molecule has 1 aliphatic heterocycles. The van der Waals surface area contributed by atoms with Crippen molar-refractivity contribution in [3.8, 4) is 5.69 Å². The standard InChI is InChI=1S/C28H30ClN3O2/c1-19-10-12-20(13-11-19)18-32-26(27(33)30-22-7-4-2-3-5-8-22)25-9-6-16-31(25)24-15-14-21(29)17-23(24)28(32)34/h6,9-17,22,26H,2-5,7-8,18H2,1H3,(H,30,33). The van der Waals surface area contributed by atoms with Crippen LogP contribution in [0.15, 0.2) is 60.8 Å². The van der Waals surface area contributed by atoms with Gasteiger partial charge in [-0.2, -0.15) is 0 Å². The number of carbonyl (C=O) groups excluding carboxylic acids is 2. The Morgan fingerprint density at radius 1 is 1.03 bits per heavy atom. The molecule has 5 nitrogen and oxygen atoms in total. The predicted octanol–water partition coefficient (Wildman–Crippen LogP) is 5.98. The molecule has 1 aromatic heterocycles. The second kappa shape index (κ2) is 9.67. The first kappa shape index (κ1) is 22.7. The van der Waals surface area contributed by atoms with E-state index >= 15 is 0 Å². The highest BCUT2D eigenvalue weighted by Crippen LogP contribution is 2.35. The lowest BCUT2D eigenvalue weighted by molar-refractivity contribution is -0.127. The number of aromatic nitrogens is 1. The predicted molar refractivity (Wildman–Crippen MR) is 134 cm³/mol. The van der Waals surface area contributed by atoms with Gasteiger partial charge in [-0.3, -0.25) is 9.59 Å². The number of fused-ring (bicyclic) bond motifs is 3. The highest BCUT2D eigenvalue weighted by molar-refractivity contribution is 6.31. The number of hydrogen-bond donors (Lipinski definition) is 1. The van der Waals surface area contributed by atoms with E-state index < -0.39 is 6.04 Å². The number of halogens is 1. The van der Waals surface area contributed by atoms with E-state index in [4.69, 9.17) is 11.6 Å². The molecule has 0 bridgehead atoms. The van der Waals surface area contributed by atoms with E-state index in [0.717, 1.165) is 48.2 Å². The zero-order valence-corrected chi connectivity index (χ0v) is 20.2. The van der Waals surface area contributed by atoms with Crippen molar-refractivity contribution >= 4 is 23.4 Å². The van der Waals surface area contributed by atoms with Crippen molar-refractivity contribution in [1.29, 1.82) is 0 Å². The Labute approximate surface area is 205 Å². The molecule has 2 aliphatic rings. The van der Waals surface area contributed by atoms with Crippen LogP contribution >= 0.6 is 11.6 Å². The van der Waals surface area contributed by atoms with Crippen molar-refractivity contribution in [1.82, 2.24) is 14.8 Å². The van der Waals surface area contributed by atoms with Gasteiger partial charge in [0.1, 0.15) is 0 Å². The summed E-state index contributed by atoms with van der Waals surface area (Å²) in [5.41, 5.74) is 4.16. The summed E-state index contributed by atoms with van der Waals surface area (Å²) < 4.78 is 1.95. The topological polar surface area (TPSA) is 54.3 Å². The number of rotatable bonds is 4. The van der Waals surface area contributed by atoms with Gasteiger partial charge in [0.25, 0.3) is 5.91 Å². The summed E-state index contributed by atoms with van der Waals surface area (Å²) in [6.07, 6.45) is 8.57. The van der Waals surface area contributed by atoms with Crippen molar-refractivity contribution in [3.63, 3.8) is 0 Å². The molecule has 2 amide bonds. The van der Waals surface area contributed by atoms with Gasteiger partial charge in [-0.25, -0.2) is 0 Å². The van der Waals surface area contributed by atoms with E-state index in [1.165, 1.54) is 12.8 Å². The lowest BCUT2D eigenvalue weighted by Gasteiger charge is -2.31. The molecule has 0 spiro atoms. The fourth-order valence-corrected chi connectivity index (χ4v) is 5.36. The van der Waals surface area contributed by atoms with Gasteiger partial charge in [0.2, 0.25) is 5.91 Å². The molecule has 1 saturated carbocycles. The molecule has 1 N–H and O–H groups in total. The fraction of sp³-hybridized carbons (Fsp3) is 0.357. The first-order valence-electron chi connectivity index (χ1n) is 12.2. The zero-order valence-electron chi connectivity index (χ0n) is 19.5. The number of benzene rings is 2. The average molecular weight is 476 g/mol. The quantitative estimate of drug-likeness (QED) is 0.472. The van der Waals surface area contributed by atoms with E-state index in [9.17, 15) is 9.59 Å². The molecule has 2 aromatic carbocycles.